The summed E-state index contributed by atoms with van der Waals surface area (Å²) in [6.07, 6.45) is 1.50. The number of amides is 1. The molecule has 1 saturated carbocycles. The standard InChI is InChI=1S/C13H13BrFNO3/c1-13(12(18)19,16-11(17)7-2-3-7)9-6-8(14)4-5-10(9)15/h4-7H,2-3H2,1H3,(H,16,17)(H,18,19). The van der Waals surface area contributed by atoms with E-state index in [1.165, 1.54) is 25.1 Å². The Balaban J connectivity index is 2.39. The minimum absolute atomic E-state index is 0.0663. The van der Waals surface area contributed by atoms with E-state index >= 15 is 0 Å². The van der Waals surface area contributed by atoms with Crippen LogP contribution in [0.5, 0.6) is 0 Å². The van der Waals surface area contributed by atoms with Crippen molar-refractivity contribution in [2.24, 2.45) is 5.92 Å². The van der Waals surface area contributed by atoms with E-state index in [1.54, 1.807) is 0 Å². The Morgan fingerprint density at radius 1 is 1.47 bits per heavy atom. The Kier molecular flexibility index (Phi) is 3.62. The summed E-state index contributed by atoms with van der Waals surface area (Å²) in [5.74, 6) is -2.44. The monoisotopic (exact) mass is 329 g/mol. The van der Waals surface area contributed by atoms with Crippen molar-refractivity contribution in [2.45, 2.75) is 25.3 Å². The van der Waals surface area contributed by atoms with Gasteiger partial charge in [0.15, 0.2) is 5.54 Å². The molecule has 1 atom stereocenters. The Bertz CT molecular complexity index is 545. The van der Waals surface area contributed by atoms with Crippen LogP contribution < -0.4 is 5.32 Å². The van der Waals surface area contributed by atoms with Crippen LogP contribution in [0.2, 0.25) is 0 Å². The lowest BCUT2D eigenvalue weighted by molar-refractivity contribution is -0.147. The molecule has 1 fully saturated rings. The topological polar surface area (TPSA) is 66.4 Å². The summed E-state index contributed by atoms with van der Waals surface area (Å²) in [7, 11) is 0. The molecule has 102 valence electrons. The first-order valence-corrected chi connectivity index (χ1v) is 6.65. The van der Waals surface area contributed by atoms with Gasteiger partial charge in [-0.2, -0.15) is 0 Å². The Morgan fingerprint density at radius 2 is 2.11 bits per heavy atom. The molecule has 0 heterocycles. The number of aliphatic carboxylic acids is 1. The zero-order valence-corrected chi connectivity index (χ0v) is 11.8. The lowest BCUT2D eigenvalue weighted by Crippen LogP contribution is -2.50. The molecule has 2 N–H and O–H groups in total. The van der Waals surface area contributed by atoms with E-state index in [2.05, 4.69) is 21.2 Å². The first-order valence-electron chi connectivity index (χ1n) is 5.85. The van der Waals surface area contributed by atoms with Crippen LogP contribution in [0, 0.1) is 11.7 Å². The summed E-state index contributed by atoms with van der Waals surface area (Å²) >= 11 is 3.17. The Hall–Kier alpha value is -1.43. The molecule has 0 aromatic heterocycles. The number of carboxylic acids is 1. The van der Waals surface area contributed by atoms with E-state index in [0.29, 0.717) is 4.47 Å². The summed E-state index contributed by atoms with van der Waals surface area (Å²) in [5, 5.41) is 11.8. The van der Waals surface area contributed by atoms with Gasteiger partial charge in [-0.1, -0.05) is 15.9 Å². The molecule has 4 nitrogen and oxygen atoms in total. The second-order valence-corrected chi connectivity index (χ2v) is 5.73. The molecular formula is C13H13BrFNO3. The minimum atomic E-state index is -1.77. The van der Waals surface area contributed by atoms with Crippen LogP contribution in [0.3, 0.4) is 0 Å². The quantitative estimate of drug-likeness (QED) is 0.891. The zero-order valence-electron chi connectivity index (χ0n) is 10.2. The molecular weight excluding hydrogens is 317 g/mol. The predicted octanol–water partition coefficient (Wildman–Crippen LogP) is 2.41. The smallest absolute Gasteiger partial charge is 0.333 e. The highest BCUT2D eigenvalue weighted by Crippen LogP contribution is 2.32. The van der Waals surface area contributed by atoms with Gasteiger partial charge in [0.1, 0.15) is 5.82 Å². The Morgan fingerprint density at radius 3 is 2.63 bits per heavy atom. The third-order valence-corrected chi connectivity index (χ3v) is 3.71. The van der Waals surface area contributed by atoms with Crippen LogP contribution in [0.1, 0.15) is 25.3 Å². The van der Waals surface area contributed by atoms with Crippen molar-refractivity contribution >= 4 is 27.8 Å². The van der Waals surface area contributed by atoms with E-state index in [-0.39, 0.29) is 17.4 Å². The van der Waals surface area contributed by atoms with Crippen LogP contribution in [-0.2, 0) is 15.1 Å². The number of rotatable bonds is 4. The fourth-order valence-electron chi connectivity index (χ4n) is 1.81. The SMILES string of the molecule is CC(NC(=O)C1CC1)(C(=O)O)c1cc(Br)ccc1F. The van der Waals surface area contributed by atoms with Crippen LogP contribution >= 0.6 is 15.9 Å². The van der Waals surface area contributed by atoms with Crippen molar-refractivity contribution in [2.75, 3.05) is 0 Å². The van der Waals surface area contributed by atoms with Crippen LogP contribution in [0.15, 0.2) is 22.7 Å². The summed E-state index contributed by atoms with van der Waals surface area (Å²) in [4.78, 5) is 23.3. The number of carbonyl (C=O) groups is 2. The third kappa shape index (κ3) is 2.78. The van der Waals surface area contributed by atoms with Crippen molar-refractivity contribution < 1.29 is 19.1 Å². The molecule has 1 aromatic rings. The number of carbonyl (C=O) groups excluding carboxylic acids is 1. The van der Waals surface area contributed by atoms with Gasteiger partial charge in [0.05, 0.1) is 0 Å². The summed E-state index contributed by atoms with van der Waals surface area (Å²) in [5.41, 5.74) is -1.84. The first kappa shape index (κ1) is 14.0. The molecule has 0 bridgehead atoms. The third-order valence-electron chi connectivity index (χ3n) is 3.22. The highest BCUT2D eigenvalue weighted by molar-refractivity contribution is 9.10. The van der Waals surface area contributed by atoms with E-state index in [4.69, 9.17) is 0 Å². The van der Waals surface area contributed by atoms with Gasteiger partial charge in [0.2, 0.25) is 5.91 Å². The molecule has 1 aliphatic carbocycles. The highest BCUT2D eigenvalue weighted by Gasteiger charge is 2.42. The number of carboxylic acid groups (broad SMARTS) is 1. The minimum Gasteiger partial charge on any atom is -0.479 e. The number of nitrogens with one attached hydrogen (secondary N) is 1. The van der Waals surface area contributed by atoms with Gasteiger partial charge >= 0.3 is 5.97 Å². The molecule has 1 aromatic carbocycles. The summed E-state index contributed by atoms with van der Waals surface area (Å²) in [6.45, 7) is 1.29. The Labute approximate surface area is 118 Å². The van der Waals surface area contributed by atoms with Crippen molar-refractivity contribution in [3.05, 3.63) is 34.1 Å². The van der Waals surface area contributed by atoms with E-state index in [1.807, 2.05) is 0 Å². The largest absolute Gasteiger partial charge is 0.479 e. The van der Waals surface area contributed by atoms with Crippen LogP contribution in [0.25, 0.3) is 0 Å². The lowest BCUT2D eigenvalue weighted by Gasteiger charge is -2.27. The maximum atomic E-state index is 13.9. The summed E-state index contributed by atoms with van der Waals surface area (Å²) < 4.78 is 14.4. The van der Waals surface area contributed by atoms with Crippen molar-refractivity contribution in [3.8, 4) is 0 Å². The molecule has 19 heavy (non-hydrogen) atoms. The molecule has 2 rings (SSSR count). The molecule has 0 spiro atoms. The molecule has 0 aliphatic heterocycles. The van der Waals surface area contributed by atoms with Gasteiger partial charge in [0, 0.05) is 16.0 Å². The molecule has 0 radical (unpaired) electrons. The number of benzene rings is 1. The lowest BCUT2D eigenvalue weighted by atomic mass is 9.91. The zero-order chi connectivity index (χ0) is 14.2. The van der Waals surface area contributed by atoms with Crippen LogP contribution in [-0.4, -0.2) is 17.0 Å². The van der Waals surface area contributed by atoms with Gasteiger partial charge in [0.25, 0.3) is 0 Å². The number of hydrogen-bond donors (Lipinski definition) is 2. The van der Waals surface area contributed by atoms with E-state index in [9.17, 15) is 19.1 Å². The van der Waals surface area contributed by atoms with E-state index in [0.717, 1.165) is 12.8 Å². The fraction of sp³-hybridized carbons (Fsp3) is 0.385. The number of hydrogen-bond acceptors (Lipinski definition) is 2. The van der Waals surface area contributed by atoms with Crippen molar-refractivity contribution in [1.82, 2.24) is 5.32 Å². The maximum absolute atomic E-state index is 13.9. The average molecular weight is 330 g/mol. The molecule has 0 saturated heterocycles. The predicted molar refractivity (Wildman–Crippen MR) is 70.0 cm³/mol. The van der Waals surface area contributed by atoms with Gasteiger partial charge in [-0.05, 0) is 38.0 Å². The number of halogens is 2. The second-order valence-electron chi connectivity index (χ2n) is 4.82. The van der Waals surface area contributed by atoms with Crippen molar-refractivity contribution in [1.29, 1.82) is 0 Å². The van der Waals surface area contributed by atoms with Gasteiger partial charge < -0.3 is 10.4 Å². The first-order chi connectivity index (χ1) is 8.84. The maximum Gasteiger partial charge on any atom is 0.333 e. The summed E-state index contributed by atoms with van der Waals surface area (Å²) in [6, 6.07) is 4.02. The van der Waals surface area contributed by atoms with Gasteiger partial charge in [-0.25, -0.2) is 9.18 Å². The fourth-order valence-corrected chi connectivity index (χ4v) is 2.17. The molecule has 1 amide bonds. The van der Waals surface area contributed by atoms with Crippen molar-refractivity contribution in [3.63, 3.8) is 0 Å². The molecule has 1 unspecified atom stereocenters. The second kappa shape index (κ2) is 4.92. The van der Waals surface area contributed by atoms with Crippen LogP contribution in [0.4, 0.5) is 4.39 Å². The van der Waals surface area contributed by atoms with Gasteiger partial charge in [-0.15, -0.1) is 0 Å². The normalized spacial score (nSPS) is 17.6. The molecule has 6 heteroatoms. The van der Waals surface area contributed by atoms with E-state index < -0.39 is 17.3 Å². The average Bonchev–Trinajstić information content (AvgIpc) is 3.15. The molecule has 1 aliphatic rings. The highest BCUT2D eigenvalue weighted by atomic mass is 79.9. The van der Waals surface area contributed by atoms with Gasteiger partial charge in [-0.3, -0.25) is 4.79 Å².